The molecule has 0 fully saturated rings. The van der Waals surface area contributed by atoms with Gasteiger partial charge in [-0.15, -0.1) is 0 Å². The number of allylic oxidation sites excluding steroid dienone is 1. The van der Waals surface area contributed by atoms with Crippen molar-refractivity contribution in [3.63, 3.8) is 0 Å². The molecule has 0 aliphatic heterocycles. The summed E-state index contributed by atoms with van der Waals surface area (Å²) in [5, 5.41) is 2.08. The summed E-state index contributed by atoms with van der Waals surface area (Å²) in [4.78, 5) is 12.3. The number of rotatable bonds is 5. The Balaban J connectivity index is 1.91. The Morgan fingerprint density at radius 2 is 1.54 bits per heavy atom. The lowest BCUT2D eigenvalue weighted by Gasteiger charge is -2.07. The molecular formula is C21H18O3. The molecular weight excluding hydrogens is 300 g/mol. The van der Waals surface area contributed by atoms with Crippen molar-refractivity contribution in [2.24, 2.45) is 0 Å². The van der Waals surface area contributed by atoms with Gasteiger partial charge in [-0.2, -0.15) is 0 Å². The molecule has 3 aromatic rings. The van der Waals surface area contributed by atoms with Crippen LogP contribution in [-0.4, -0.2) is 20.0 Å². The van der Waals surface area contributed by atoms with Gasteiger partial charge in [0.1, 0.15) is 11.5 Å². The molecule has 0 heterocycles. The standard InChI is InChI=1S/C21H18O3/c1-23-17-11-7-16(8-12-17)20(22)13-9-15-10-14-21(24-2)19-6-4-3-5-18(15)19/h3-14H,1-2H3. The second-order valence-electron chi connectivity index (χ2n) is 5.33. The van der Waals surface area contributed by atoms with E-state index in [9.17, 15) is 4.79 Å². The predicted molar refractivity (Wildman–Crippen MR) is 96.9 cm³/mol. The first kappa shape index (κ1) is 15.8. The molecule has 120 valence electrons. The molecule has 3 nitrogen and oxygen atoms in total. The van der Waals surface area contributed by atoms with Crippen molar-refractivity contribution in [2.45, 2.75) is 0 Å². The number of benzene rings is 3. The van der Waals surface area contributed by atoms with Gasteiger partial charge in [0.2, 0.25) is 0 Å². The Bertz CT molecular complexity index is 893. The van der Waals surface area contributed by atoms with E-state index >= 15 is 0 Å². The Kier molecular flexibility index (Phi) is 4.62. The first-order valence-corrected chi connectivity index (χ1v) is 7.65. The van der Waals surface area contributed by atoms with E-state index in [0.29, 0.717) is 5.56 Å². The van der Waals surface area contributed by atoms with Crippen molar-refractivity contribution < 1.29 is 14.3 Å². The molecule has 0 aromatic heterocycles. The normalized spacial score (nSPS) is 10.9. The summed E-state index contributed by atoms with van der Waals surface area (Å²) < 4.78 is 10.5. The summed E-state index contributed by atoms with van der Waals surface area (Å²) in [6, 6.07) is 18.9. The Hall–Kier alpha value is -3.07. The van der Waals surface area contributed by atoms with Gasteiger partial charge in [-0.3, -0.25) is 4.79 Å². The lowest BCUT2D eigenvalue weighted by atomic mass is 10.0. The van der Waals surface area contributed by atoms with Crippen LogP contribution in [0.3, 0.4) is 0 Å². The molecule has 0 saturated heterocycles. The molecule has 0 aliphatic carbocycles. The van der Waals surface area contributed by atoms with E-state index < -0.39 is 0 Å². The van der Waals surface area contributed by atoms with Crippen molar-refractivity contribution in [3.8, 4) is 11.5 Å². The van der Waals surface area contributed by atoms with Crippen LogP contribution in [0.25, 0.3) is 16.8 Å². The predicted octanol–water partition coefficient (Wildman–Crippen LogP) is 4.75. The fourth-order valence-corrected chi connectivity index (χ4v) is 2.64. The molecule has 0 amide bonds. The van der Waals surface area contributed by atoms with E-state index in [2.05, 4.69) is 0 Å². The Morgan fingerprint density at radius 3 is 2.21 bits per heavy atom. The van der Waals surface area contributed by atoms with Gasteiger partial charge in [0.15, 0.2) is 5.78 Å². The van der Waals surface area contributed by atoms with Gasteiger partial charge in [0.25, 0.3) is 0 Å². The largest absolute Gasteiger partial charge is 0.497 e. The molecule has 3 rings (SSSR count). The van der Waals surface area contributed by atoms with Crippen LogP contribution in [0.5, 0.6) is 11.5 Å². The van der Waals surface area contributed by atoms with Crippen LogP contribution in [0.1, 0.15) is 15.9 Å². The maximum Gasteiger partial charge on any atom is 0.185 e. The van der Waals surface area contributed by atoms with Crippen LogP contribution < -0.4 is 9.47 Å². The number of methoxy groups -OCH3 is 2. The zero-order chi connectivity index (χ0) is 16.9. The summed E-state index contributed by atoms with van der Waals surface area (Å²) in [7, 11) is 3.26. The highest BCUT2D eigenvalue weighted by Gasteiger charge is 2.05. The minimum Gasteiger partial charge on any atom is -0.497 e. The van der Waals surface area contributed by atoms with E-state index in [1.54, 1.807) is 44.6 Å². The maximum atomic E-state index is 12.3. The van der Waals surface area contributed by atoms with Crippen molar-refractivity contribution in [3.05, 3.63) is 77.9 Å². The molecule has 0 spiro atoms. The van der Waals surface area contributed by atoms with Gasteiger partial charge in [-0.05, 0) is 47.4 Å². The van der Waals surface area contributed by atoms with Gasteiger partial charge in [-0.1, -0.05) is 36.4 Å². The Labute approximate surface area is 141 Å². The first-order chi connectivity index (χ1) is 11.7. The summed E-state index contributed by atoms with van der Waals surface area (Å²) in [5.74, 6) is 1.51. The van der Waals surface area contributed by atoms with Crippen LogP contribution in [0.2, 0.25) is 0 Å². The van der Waals surface area contributed by atoms with Crippen LogP contribution in [0.4, 0.5) is 0 Å². The van der Waals surface area contributed by atoms with Gasteiger partial charge < -0.3 is 9.47 Å². The minimum absolute atomic E-state index is 0.0439. The third kappa shape index (κ3) is 3.15. The van der Waals surface area contributed by atoms with Crippen molar-refractivity contribution >= 4 is 22.6 Å². The average Bonchev–Trinajstić information content (AvgIpc) is 2.65. The molecule has 0 radical (unpaired) electrons. The zero-order valence-corrected chi connectivity index (χ0v) is 13.7. The van der Waals surface area contributed by atoms with Gasteiger partial charge in [0.05, 0.1) is 14.2 Å². The smallest absolute Gasteiger partial charge is 0.185 e. The molecule has 3 aromatic carbocycles. The van der Waals surface area contributed by atoms with Gasteiger partial charge in [-0.25, -0.2) is 0 Å². The van der Waals surface area contributed by atoms with Crippen LogP contribution in [0, 0.1) is 0 Å². The second-order valence-corrected chi connectivity index (χ2v) is 5.33. The molecule has 0 unspecified atom stereocenters. The van der Waals surface area contributed by atoms with E-state index in [-0.39, 0.29) is 5.78 Å². The van der Waals surface area contributed by atoms with Crippen LogP contribution >= 0.6 is 0 Å². The third-order valence-electron chi connectivity index (χ3n) is 3.93. The number of carbonyl (C=O) groups excluding carboxylic acids is 1. The quantitative estimate of drug-likeness (QED) is 0.503. The molecule has 24 heavy (non-hydrogen) atoms. The molecule has 0 N–H and O–H groups in total. The summed E-state index contributed by atoms with van der Waals surface area (Å²) >= 11 is 0. The van der Waals surface area contributed by atoms with E-state index in [1.807, 2.05) is 42.5 Å². The molecule has 0 bridgehead atoms. The summed E-state index contributed by atoms with van der Waals surface area (Å²) in [6.45, 7) is 0. The number of carbonyl (C=O) groups is 1. The number of hydrogen-bond donors (Lipinski definition) is 0. The van der Waals surface area contributed by atoms with E-state index in [1.165, 1.54) is 0 Å². The summed E-state index contributed by atoms with van der Waals surface area (Å²) in [6.07, 6.45) is 3.43. The van der Waals surface area contributed by atoms with Gasteiger partial charge in [0, 0.05) is 10.9 Å². The fourth-order valence-electron chi connectivity index (χ4n) is 2.64. The maximum absolute atomic E-state index is 12.3. The average molecular weight is 318 g/mol. The Morgan fingerprint density at radius 1 is 0.833 bits per heavy atom. The zero-order valence-electron chi connectivity index (χ0n) is 13.7. The third-order valence-corrected chi connectivity index (χ3v) is 3.93. The van der Waals surface area contributed by atoms with Crippen molar-refractivity contribution in [1.82, 2.24) is 0 Å². The fraction of sp³-hybridized carbons (Fsp3) is 0.0952. The SMILES string of the molecule is COc1ccc(C(=O)C=Cc2ccc(OC)c3ccccc23)cc1. The highest BCUT2D eigenvalue weighted by atomic mass is 16.5. The molecule has 0 atom stereocenters. The summed E-state index contributed by atoms with van der Waals surface area (Å²) in [5.41, 5.74) is 1.61. The van der Waals surface area contributed by atoms with Gasteiger partial charge >= 0.3 is 0 Å². The highest BCUT2D eigenvalue weighted by molar-refractivity contribution is 6.08. The number of fused-ring (bicyclic) bond motifs is 1. The molecule has 0 aliphatic rings. The van der Waals surface area contributed by atoms with Crippen molar-refractivity contribution in [2.75, 3.05) is 14.2 Å². The van der Waals surface area contributed by atoms with Crippen LogP contribution in [0.15, 0.2) is 66.7 Å². The monoisotopic (exact) mass is 318 g/mol. The lowest BCUT2D eigenvalue weighted by molar-refractivity contribution is 0.104. The molecule has 3 heteroatoms. The second kappa shape index (κ2) is 7.01. The first-order valence-electron chi connectivity index (χ1n) is 7.65. The highest BCUT2D eigenvalue weighted by Crippen LogP contribution is 2.29. The molecule has 0 saturated carbocycles. The number of hydrogen-bond acceptors (Lipinski definition) is 3. The van der Waals surface area contributed by atoms with E-state index in [0.717, 1.165) is 27.8 Å². The number of ether oxygens (including phenoxy) is 2. The van der Waals surface area contributed by atoms with Crippen molar-refractivity contribution in [1.29, 1.82) is 0 Å². The number of ketones is 1. The van der Waals surface area contributed by atoms with Crippen LogP contribution in [-0.2, 0) is 0 Å². The topological polar surface area (TPSA) is 35.5 Å². The minimum atomic E-state index is -0.0439. The lowest BCUT2D eigenvalue weighted by Crippen LogP contribution is -1.94. The van der Waals surface area contributed by atoms with E-state index in [4.69, 9.17) is 9.47 Å².